The van der Waals surface area contributed by atoms with Crippen molar-refractivity contribution in [2.45, 2.75) is 6.42 Å². The Balaban J connectivity index is 1.84. The summed E-state index contributed by atoms with van der Waals surface area (Å²) in [6, 6.07) is 1.98. The predicted molar refractivity (Wildman–Crippen MR) is 73.9 cm³/mol. The van der Waals surface area contributed by atoms with Gasteiger partial charge in [-0.25, -0.2) is 4.98 Å². The summed E-state index contributed by atoms with van der Waals surface area (Å²) in [5.74, 6) is 4.07. The number of piperidine rings is 2. The zero-order valence-corrected chi connectivity index (χ0v) is 11.0. The third-order valence-electron chi connectivity index (χ3n) is 3.84. The van der Waals surface area contributed by atoms with Gasteiger partial charge >= 0.3 is 0 Å². The van der Waals surface area contributed by atoms with Crippen LogP contribution in [0.15, 0.2) is 12.3 Å². The topological polar surface area (TPSA) is 28.2 Å². The lowest BCUT2D eigenvalue weighted by molar-refractivity contribution is 0.249. The maximum Gasteiger partial charge on any atom is 0.144 e. The fraction of sp³-hybridized carbons (Fsp3) is 0.500. The number of nitrogens with zero attached hydrogens (tertiary/aromatic N) is 2. The highest BCUT2D eigenvalue weighted by atomic mass is 35.5. The van der Waals surface area contributed by atoms with Crippen molar-refractivity contribution in [1.29, 1.82) is 0 Å². The number of fused-ring (bicyclic) bond motifs is 2. The molecular weight excluding hydrogens is 246 g/mol. The molecule has 94 valence electrons. The monoisotopic (exact) mass is 261 g/mol. The van der Waals surface area contributed by atoms with Crippen LogP contribution in [0.4, 0.5) is 5.69 Å². The van der Waals surface area contributed by atoms with Crippen LogP contribution in [0.2, 0.25) is 5.15 Å². The molecule has 0 radical (unpaired) electrons. The van der Waals surface area contributed by atoms with Gasteiger partial charge in [0.1, 0.15) is 5.15 Å². The minimum atomic E-state index is 0.417. The van der Waals surface area contributed by atoms with Crippen molar-refractivity contribution >= 4 is 17.3 Å². The van der Waals surface area contributed by atoms with Crippen molar-refractivity contribution < 1.29 is 0 Å². The van der Waals surface area contributed by atoms with Gasteiger partial charge in [-0.3, -0.25) is 0 Å². The van der Waals surface area contributed by atoms with Crippen molar-refractivity contribution in [2.24, 2.45) is 11.8 Å². The Hall–Kier alpha value is -1.24. The normalized spacial score (nSPS) is 26.8. The second kappa shape index (κ2) is 4.79. The first kappa shape index (κ1) is 11.8. The molecule has 2 saturated heterocycles. The van der Waals surface area contributed by atoms with Gasteiger partial charge < -0.3 is 10.2 Å². The van der Waals surface area contributed by atoms with E-state index in [1.807, 2.05) is 12.3 Å². The fourth-order valence-electron chi connectivity index (χ4n) is 3.03. The molecule has 4 heteroatoms. The number of aromatic nitrogens is 1. The summed E-state index contributed by atoms with van der Waals surface area (Å²) in [5, 5.41) is 3.91. The van der Waals surface area contributed by atoms with E-state index >= 15 is 0 Å². The van der Waals surface area contributed by atoms with Gasteiger partial charge in [0.15, 0.2) is 0 Å². The van der Waals surface area contributed by atoms with Crippen molar-refractivity contribution in [1.82, 2.24) is 10.3 Å². The summed E-state index contributed by atoms with van der Waals surface area (Å²) in [4.78, 5) is 6.58. The summed E-state index contributed by atoms with van der Waals surface area (Å²) in [6.07, 6.45) is 8.61. The molecule has 0 aliphatic carbocycles. The number of nitrogens with one attached hydrogen (secondary N) is 1. The Morgan fingerprint density at radius 1 is 1.39 bits per heavy atom. The third-order valence-corrected chi connectivity index (χ3v) is 4.14. The number of anilines is 1. The van der Waals surface area contributed by atoms with E-state index in [-0.39, 0.29) is 0 Å². The quantitative estimate of drug-likeness (QED) is 0.617. The van der Waals surface area contributed by atoms with Crippen LogP contribution in [0.1, 0.15) is 12.0 Å². The first-order valence-corrected chi connectivity index (χ1v) is 6.72. The number of pyridine rings is 1. The minimum absolute atomic E-state index is 0.417. The number of halogens is 1. The molecule has 18 heavy (non-hydrogen) atoms. The molecule has 3 nitrogen and oxygen atoms in total. The molecule has 0 spiro atoms. The number of hydrogen-bond acceptors (Lipinski definition) is 3. The van der Waals surface area contributed by atoms with E-state index in [1.165, 1.54) is 6.42 Å². The van der Waals surface area contributed by atoms with Crippen LogP contribution >= 0.6 is 11.6 Å². The van der Waals surface area contributed by atoms with Crippen molar-refractivity contribution in [2.75, 3.05) is 31.1 Å². The molecule has 1 aromatic heterocycles. The Bertz CT molecular complexity index is 482. The maximum absolute atomic E-state index is 5.95. The summed E-state index contributed by atoms with van der Waals surface area (Å²) < 4.78 is 0. The minimum Gasteiger partial charge on any atom is -0.370 e. The first-order valence-electron chi connectivity index (χ1n) is 6.34. The Labute approximate surface area is 113 Å². The van der Waals surface area contributed by atoms with E-state index in [2.05, 4.69) is 21.1 Å². The first-order chi connectivity index (χ1) is 8.76. The molecule has 2 aliphatic rings. The van der Waals surface area contributed by atoms with Crippen LogP contribution in [0.3, 0.4) is 0 Å². The van der Waals surface area contributed by atoms with Gasteiger partial charge in [-0.15, -0.1) is 6.42 Å². The van der Waals surface area contributed by atoms with E-state index < -0.39 is 0 Å². The van der Waals surface area contributed by atoms with Gasteiger partial charge in [-0.1, -0.05) is 17.5 Å². The number of rotatable bonds is 1. The van der Waals surface area contributed by atoms with E-state index in [1.54, 1.807) is 0 Å². The average Bonchev–Trinajstić information content (AvgIpc) is 2.39. The number of hydrogen-bond donors (Lipinski definition) is 1. The van der Waals surface area contributed by atoms with E-state index in [4.69, 9.17) is 18.0 Å². The zero-order valence-electron chi connectivity index (χ0n) is 10.2. The van der Waals surface area contributed by atoms with E-state index in [0.29, 0.717) is 10.7 Å². The molecular formula is C14H16ClN3. The second-order valence-corrected chi connectivity index (χ2v) is 5.57. The van der Waals surface area contributed by atoms with Crippen LogP contribution in [-0.4, -0.2) is 31.2 Å². The van der Waals surface area contributed by atoms with Gasteiger partial charge in [-0.05, 0) is 37.4 Å². The second-order valence-electron chi connectivity index (χ2n) is 5.21. The molecule has 0 aromatic carbocycles. The molecule has 3 heterocycles. The highest BCUT2D eigenvalue weighted by Crippen LogP contribution is 2.29. The van der Waals surface area contributed by atoms with E-state index in [0.717, 1.165) is 43.7 Å². The summed E-state index contributed by atoms with van der Waals surface area (Å²) in [7, 11) is 0. The molecule has 3 rings (SSSR count). The highest BCUT2D eigenvalue weighted by molar-refractivity contribution is 6.30. The van der Waals surface area contributed by atoms with Gasteiger partial charge in [-0.2, -0.15) is 0 Å². The standard InChI is InChI=1S/C14H16ClN3/c1-2-12-4-13(7-17-14(12)15)18-8-10-3-11(9-18)6-16-5-10/h1,4,7,10-11,16H,3,5-6,8-9H2. The predicted octanol–water partition coefficient (Wildman–Crippen LogP) is 1.76. The smallest absolute Gasteiger partial charge is 0.144 e. The molecule has 1 N–H and O–H groups in total. The zero-order chi connectivity index (χ0) is 12.5. The molecule has 2 bridgehead atoms. The van der Waals surface area contributed by atoms with Crippen LogP contribution in [0.5, 0.6) is 0 Å². The molecule has 2 atom stereocenters. The third kappa shape index (κ3) is 2.19. The van der Waals surface area contributed by atoms with Gasteiger partial charge in [0, 0.05) is 13.1 Å². The fourth-order valence-corrected chi connectivity index (χ4v) is 3.19. The Kier molecular flexibility index (Phi) is 3.15. The van der Waals surface area contributed by atoms with Crippen LogP contribution in [-0.2, 0) is 0 Å². The highest BCUT2D eigenvalue weighted by Gasteiger charge is 2.30. The van der Waals surface area contributed by atoms with Crippen molar-refractivity contribution in [3.63, 3.8) is 0 Å². The van der Waals surface area contributed by atoms with Crippen LogP contribution in [0.25, 0.3) is 0 Å². The lowest BCUT2D eigenvalue weighted by Gasteiger charge is -2.42. The van der Waals surface area contributed by atoms with Crippen molar-refractivity contribution in [3.8, 4) is 12.3 Å². The molecule has 2 aliphatic heterocycles. The largest absolute Gasteiger partial charge is 0.370 e. The summed E-state index contributed by atoms with van der Waals surface area (Å²) in [6.45, 7) is 4.40. The Morgan fingerprint density at radius 2 is 2.11 bits per heavy atom. The molecule has 0 saturated carbocycles. The van der Waals surface area contributed by atoms with Crippen molar-refractivity contribution in [3.05, 3.63) is 23.0 Å². The molecule has 0 amide bonds. The lowest BCUT2D eigenvalue weighted by Crippen LogP contribution is -2.51. The molecule has 2 unspecified atom stereocenters. The van der Waals surface area contributed by atoms with E-state index in [9.17, 15) is 0 Å². The summed E-state index contributed by atoms with van der Waals surface area (Å²) >= 11 is 5.95. The SMILES string of the molecule is C#Cc1cc(N2CC3CNCC(C3)C2)cnc1Cl. The maximum atomic E-state index is 5.95. The van der Waals surface area contributed by atoms with Crippen LogP contribution < -0.4 is 10.2 Å². The molecule has 2 fully saturated rings. The van der Waals surface area contributed by atoms with Gasteiger partial charge in [0.25, 0.3) is 0 Å². The number of terminal acetylenes is 1. The average molecular weight is 262 g/mol. The lowest BCUT2D eigenvalue weighted by atomic mass is 9.85. The summed E-state index contributed by atoms with van der Waals surface area (Å²) in [5.41, 5.74) is 1.78. The van der Waals surface area contributed by atoms with Gasteiger partial charge in [0.2, 0.25) is 0 Å². The van der Waals surface area contributed by atoms with Gasteiger partial charge in [0.05, 0.1) is 17.4 Å². The van der Waals surface area contributed by atoms with Crippen LogP contribution in [0, 0.1) is 24.2 Å². The molecule has 1 aromatic rings. The Morgan fingerprint density at radius 3 is 2.78 bits per heavy atom.